The molecule has 1 fully saturated rings. The number of nitrogens with zero attached hydrogens (tertiary/aromatic N) is 3. The smallest absolute Gasteiger partial charge is 0.321 e. The van der Waals surface area contributed by atoms with Gasteiger partial charge in [0, 0.05) is 49.1 Å². The van der Waals surface area contributed by atoms with Gasteiger partial charge in [-0.3, -0.25) is 14.7 Å². The van der Waals surface area contributed by atoms with Crippen LogP contribution in [-0.4, -0.2) is 58.0 Å². The molecule has 1 aromatic heterocycles. The van der Waals surface area contributed by atoms with Gasteiger partial charge in [0.25, 0.3) is 0 Å². The molecule has 0 unspecified atom stereocenters. The Balaban J connectivity index is 1.25. The minimum absolute atomic E-state index is 0.109. The van der Waals surface area contributed by atoms with E-state index in [-0.39, 0.29) is 32.7 Å². The molecule has 3 aromatic carbocycles. The molecular weight excluding hydrogens is 610 g/mol. The molecule has 2 N–H and O–H groups in total. The van der Waals surface area contributed by atoms with Crippen LogP contribution in [0.3, 0.4) is 0 Å². The molecule has 0 spiro atoms. The zero-order valence-corrected chi connectivity index (χ0v) is 25.9. The van der Waals surface area contributed by atoms with Gasteiger partial charge in [0.2, 0.25) is 0 Å². The highest BCUT2D eigenvalue weighted by atomic mass is 35.5. The predicted molar refractivity (Wildman–Crippen MR) is 169 cm³/mol. The number of β-amino-alcohol motifs (C(OH)–C–C–N with tert-alkyl or cyclic N) is 1. The summed E-state index contributed by atoms with van der Waals surface area (Å²) in [6.07, 6.45) is 2.48. The normalized spacial score (nSPS) is 17.3. The van der Waals surface area contributed by atoms with Crippen LogP contribution in [0.2, 0.25) is 5.02 Å². The summed E-state index contributed by atoms with van der Waals surface area (Å²) < 4.78 is 23.9. The number of aliphatic carboxylic acids is 1. The number of pyridine rings is 1. The minimum Gasteiger partial charge on any atom is -0.488 e. The molecule has 11 heteroatoms. The van der Waals surface area contributed by atoms with Crippen LogP contribution in [-0.2, 0) is 24.6 Å². The predicted octanol–water partition coefficient (Wildman–Crippen LogP) is 5.53. The van der Waals surface area contributed by atoms with Gasteiger partial charge >= 0.3 is 5.97 Å². The summed E-state index contributed by atoms with van der Waals surface area (Å²) in [5.41, 5.74) is 5.78. The van der Waals surface area contributed by atoms with E-state index in [1.807, 2.05) is 43.3 Å². The van der Waals surface area contributed by atoms with Crippen LogP contribution in [0, 0.1) is 18.3 Å². The molecule has 0 aliphatic carbocycles. The van der Waals surface area contributed by atoms with Gasteiger partial charge in [-0.1, -0.05) is 35.9 Å². The summed E-state index contributed by atoms with van der Waals surface area (Å²) in [7, 11) is 0. The molecule has 0 saturated carbocycles. The lowest BCUT2D eigenvalue weighted by Crippen LogP contribution is -2.35. The summed E-state index contributed by atoms with van der Waals surface area (Å²) >= 11 is 6.74. The first kappa shape index (κ1) is 31.2. The van der Waals surface area contributed by atoms with Crippen LogP contribution in [0.5, 0.6) is 23.0 Å². The first-order valence-corrected chi connectivity index (χ1v) is 15.2. The number of carboxylic acids is 1. The lowest BCUT2D eigenvalue weighted by Gasteiger charge is -2.23. The molecule has 46 heavy (non-hydrogen) atoms. The molecule has 0 amide bonds. The van der Waals surface area contributed by atoms with E-state index in [1.165, 1.54) is 6.20 Å². The molecule has 0 radical (unpaired) electrons. The van der Waals surface area contributed by atoms with Crippen LogP contribution in [0.4, 0.5) is 0 Å². The molecule has 2 aliphatic rings. The number of aliphatic hydroxyl groups is 1. The Morgan fingerprint density at radius 3 is 2.65 bits per heavy atom. The zero-order chi connectivity index (χ0) is 32.2. The van der Waals surface area contributed by atoms with Crippen molar-refractivity contribution in [2.45, 2.75) is 45.2 Å². The zero-order valence-electron chi connectivity index (χ0n) is 25.1. The summed E-state index contributed by atoms with van der Waals surface area (Å²) in [5.74, 6) is 1.28. The van der Waals surface area contributed by atoms with Crippen LogP contribution >= 0.6 is 11.6 Å². The topological polar surface area (TPSA) is 134 Å². The third kappa shape index (κ3) is 6.87. The Kier molecular flexibility index (Phi) is 9.26. The highest BCUT2D eigenvalue weighted by Crippen LogP contribution is 2.38. The van der Waals surface area contributed by atoms with Crippen molar-refractivity contribution >= 4 is 17.6 Å². The van der Waals surface area contributed by atoms with E-state index in [4.69, 9.17) is 30.5 Å². The van der Waals surface area contributed by atoms with Crippen molar-refractivity contribution in [1.82, 2.24) is 9.88 Å². The van der Waals surface area contributed by atoms with Gasteiger partial charge in [-0.05, 0) is 53.4 Å². The van der Waals surface area contributed by atoms with Gasteiger partial charge in [0.15, 0.2) is 11.5 Å². The fourth-order valence-electron chi connectivity index (χ4n) is 5.78. The fraction of sp³-hybridized carbons (Fsp3) is 0.286. The molecule has 4 aromatic rings. The molecule has 236 valence electrons. The SMILES string of the molecule is Cc1c(COc2cc(OCc3cncc(C#N)c3)c(CN3C[C@@H](O)C[C@H]3C(=O)O)cc2Cl)cccc1-c1ccc2c(c1)OCCO2. The van der Waals surface area contributed by atoms with Crippen LogP contribution in [0.25, 0.3) is 11.1 Å². The monoisotopic (exact) mass is 641 g/mol. The average Bonchev–Trinajstić information content (AvgIpc) is 3.44. The molecule has 10 nitrogen and oxygen atoms in total. The number of carbonyl (C=O) groups is 1. The molecule has 3 heterocycles. The Hall–Kier alpha value is -4.82. The second kappa shape index (κ2) is 13.7. The maximum absolute atomic E-state index is 11.9. The number of aromatic nitrogens is 1. The molecular formula is C35H32ClN3O7. The molecule has 6 rings (SSSR count). The van der Waals surface area contributed by atoms with E-state index < -0.39 is 18.1 Å². The number of ether oxygens (including phenoxy) is 4. The number of benzene rings is 3. The summed E-state index contributed by atoms with van der Waals surface area (Å²) in [6, 6.07) is 18.3. The Morgan fingerprint density at radius 1 is 1.04 bits per heavy atom. The molecule has 0 bridgehead atoms. The third-order valence-electron chi connectivity index (χ3n) is 8.16. The van der Waals surface area contributed by atoms with Gasteiger partial charge in [0.05, 0.1) is 16.7 Å². The van der Waals surface area contributed by atoms with E-state index in [0.717, 1.165) is 33.8 Å². The average molecular weight is 642 g/mol. The van der Waals surface area contributed by atoms with E-state index in [0.29, 0.717) is 46.4 Å². The molecule has 2 atom stereocenters. The number of fused-ring (bicyclic) bond motifs is 1. The van der Waals surface area contributed by atoms with Crippen molar-refractivity contribution in [3.63, 3.8) is 0 Å². The van der Waals surface area contributed by atoms with Crippen molar-refractivity contribution in [3.05, 3.63) is 99.8 Å². The van der Waals surface area contributed by atoms with Crippen molar-refractivity contribution in [1.29, 1.82) is 5.26 Å². The largest absolute Gasteiger partial charge is 0.488 e. The highest BCUT2D eigenvalue weighted by Gasteiger charge is 2.36. The van der Waals surface area contributed by atoms with E-state index in [9.17, 15) is 20.3 Å². The second-order valence-corrected chi connectivity index (χ2v) is 11.7. The lowest BCUT2D eigenvalue weighted by molar-refractivity contribution is -0.142. The van der Waals surface area contributed by atoms with Crippen molar-refractivity contribution < 1.29 is 34.0 Å². The van der Waals surface area contributed by atoms with Gasteiger partial charge in [-0.2, -0.15) is 5.26 Å². The van der Waals surface area contributed by atoms with Gasteiger partial charge in [-0.15, -0.1) is 0 Å². The maximum Gasteiger partial charge on any atom is 0.321 e. The van der Waals surface area contributed by atoms with Crippen LogP contribution in [0.15, 0.2) is 67.0 Å². The van der Waals surface area contributed by atoms with E-state index in [1.54, 1.807) is 29.3 Å². The number of carboxylic acid groups (broad SMARTS) is 1. The van der Waals surface area contributed by atoms with Crippen molar-refractivity contribution in [2.75, 3.05) is 19.8 Å². The number of hydrogen-bond acceptors (Lipinski definition) is 9. The minimum atomic E-state index is -1.00. The number of aliphatic hydroxyl groups excluding tert-OH is 1. The van der Waals surface area contributed by atoms with Gasteiger partial charge in [0.1, 0.15) is 50.0 Å². The fourth-order valence-corrected chi connectivity index (χ4v) is 6.02. The Bertz CT molecular complexity index is 1810. The van der Waals surface area contributed by atoms with Gasteiger partial charge in [-0.25, -0.2) is 0 Å². The number of nitriles is 1. The van der Waals surface area contributed by atoms with Crippen LogP contribution in [0.1, 0.15) is 34.2 Å². The molecule has 2 aliphatic heterocycles. The van der Waals surface area contributed by atoms with E-state index >= 15 is 0 Å². The number of likely N-dealkylation sites (tertiary alicyclic amines) is 1. The summed E-state index contributed by atoms with van der Waals surface area (Å²) in [5, 5.41) is 29.5. The van der Waals surface area contributed by atoms with Crippen molar-refractivity contribution in [2.24, 2.45) is 0 Å². The van der Waals surface area contributed by atoms with Gasteiger partial charge < -0.3 is 29.2 Å². The summed E-state index contributed by atoms with van der Waals surface area (Å²) in [6.45, 7) is 3.82. The van der Waals surface area contributed by atoms with Crippen molar-refractivity contribution in [3.8, 4) is 40.2 Å². The highest BCUT2D eigenvalue weighted by molar-refractivity contribution is 6.32. The molecule has 1 saturated heterocycles. The second-order valence-electron chi connectivity index (χ2n) is 11.3. The first-order chi connectivity index (χ1) is 22.3. The number of hydrogen-bond donors (Lipinski definition) is 2. The maximum atomic E-state index is 11.9. The third-order valence-corrected chi connectivity index (χ3v) is 8.45. The quantitative estimate of drug-likeness (QED) is 0.228. The number of halogens is 1. The van der Waals surface area contributed by atoms with Crippen LogP contribution < -0.4 is 18.9 Å². The Labute approximate surface area is 271 Å². The van der Waals surface area contributed by atoms with E-state index in [2.05, 4.69) is 11.1 Å². The summed E-state index contributed by atoms with van der Waals surface area (Å²) in [4.78, 5) is 17.7. The standard InChI is InChI=1S/C35H32ClN3O7/c1-21-25(3-2-4-28(21)24-5-6-31-34(11-24)44-8-7-43-31)20-46-33-13-32(45-19-23-9-22(14-37)15-38-16-23)26(10-29(33)36)17-39-18-27(40)12-30(39)35(41)42/h2-6,9-11,13,15-16,27,30,40H,7-8,12,17-20H2,1H3,(H,41,42)/t27-,30-/m0/s1. The Morgan fingerprint density at radius 2 is 1.85 bits per heavy atom. The lowest BCUT2D eigenvalue weighted by atomic mass is 9.96. The first-order valence-electron chi connectivity index (χ1n) is 14.8. The number of rotatable bonds is 10.